The minimum absolute atomic E-state index is 0.116. The Kier molecular flexibility index (Phi) is 6.66. The van der Waals surface area contributed by atoms with Crippen molar-refractivity contribution in [1.29, 1.82) is 0 Å². The number of ether oxygens (including phenoxy) is 2. The van der Waals surface area contributed by atoms with Crippen molar-refractivity contribution < 1.29 is 14.3 Å². The Morgan fingerprint density at radius 3 is 2.56 bits per heavy atom. The third-order valence-electron chi connectivity index (χ3n) is 4.05. The number of amides is 1. The van der Waals surface area contributed by atoms with Crippen LogP contribution in [-0.4, -0.2) is 32.3 Å². The number of carbonyl (C=O) groups excluding carboxylic acids is 1. The van der Waals surface area contributed by atoms with Crippen LogP contribution in [0.4, 0.5) is 11.4 Å². The van der Waals surface area contributed by atoms with Crippen molar-refractivity contribution in [1.82, 2.24) is 0 Å². The first-order valence-electron chi connectivity index (χ1n) is 9.08. The molecule has 0 aliphatic heterocycles. The highest BCUT2D eigenvalue weighted by molar-refractivity contribution is 5.96. The number of rotatable bonds is 9. The molecule has 3 rings (SSSR count). The van der Waals surface area contributed by atoms with E-state index < -0.39 is 0 Å². The molecule has 0 aromatic heterocycles. The molecule has 5 nitrogen and oxygen atoms in total. The molecule has 0 atom stereocenters. The van der Waals surface area contributed by atoms with Crippen LogP contribution in [0.5, 0.6) is 5.75 Å². The molecule has 0 radical (unpaired) electrons. The summed E-state index contributed by atoms with van der Waals surface area (Å²) >= 11 is 0. The molecular weight excluding hydrogens is 340 g/mol. The SMILES string of the molecule is CCOCCOc1ccccc1NCC(=O)Nc1ccc2ccccc2c1. The molecule has 0 spiro atoms. The summed E-state index contributed by atoms with van der Waals surface area (Å²) in [6.45, 7) is 3.77. The largest absolute Gasteiger partial charge is 0.489 e. The lowest BCUT2D eigenvalue weighted by Crippen LogP contribution is -2.22. The summed E-state index contributed by atoms with van der Waals surface area (Å²) in [6.07, 6.45) is 0. The quantitative estimate of drug-likeness (QED) is 0.556. The second-order valence-electron chi connectivity index (χ2n) is 6.01. The highest BCUT2D eigenvalue weighted by Crippen LogP contribution is 2.23. The third-order valence-corrected chi connectivity index (χ3v) is 4.05. The van der Waals surface area contributed by atoms with Gasteiger partial charge in [-0.05, 0) is 42.0 Å². The first-order valence-corrected chi connectivity index (χ1v) is 9.08. The molecule has 3 aromatic carbocycles. The summed E-state index contributed by atoms with van der Waals surface area (Å²) in [5.41, 5.74) is 1.56. The van der Waals surface area contributed by atoms with Gasteiger partial charge in [0.25, 0.3) is 0 Å². The molecule has 0 fully saturated rings. The van der Waals surface area contributed by atoms with Gasteiger partial charge in [0.2, 0.25) is 5.91 Å². The van der Waals surface area contributed by atoms with Gasteiger partial charge < -0.3 is 20.1 Å². The van der Waals surface area contributed by atoms with Gasteiger partial charge in [-0.25, -0.2) is 0 Å². The Balaban J connectivity index is 1.55. The van der Waals surface area contributed by atoms with Crippen LogP contribution in [-0.2, 0) is 9.53 Å². The van der Waals surface area contributed by atoms with Gasteiger partial charge in [-0.15, -0.1) is 0 Å². The number of benzene rings is 3. The number of hydrogen-bond donors (Lipinski definition) is 2. The molecule has 0 saturated heterocycles. The summed E-state index contributed by atoms with van der Waals surface area (Å²) in [4.78, 5) is 12.3. The summed E-state index contributed by atoms with van der Waals surface area (Å²) in [7, 11) is 0. The van der Waals surface area contributed by atoms with Crippen LogP contribution in [0.3, 0.4) is 0 Å². The van der Waals surface area contributed by atoms with Gasteiger partial charge in [0.1, 0.15) is 12.4 Å². The zero-order chi connectivity index (χ0) is 18.9. The van der Waals surface area contributed by atoms with Crippen LogP contribution in [0, 0.1) is 0 Å². The average molecular weight is 364 g/mol. The van der Waals surface area contributed by atoms with Crippen molar-refractivity contribution >= 4 is 28.1 Å². The summed E-state index contributed by atoms with van der Waals surface area (Å²) < 4.78 is 11.0. The van der Waals surface area contributed by atoms with E-state index in [-0.39, 0.29) is 12.5 Å². The van der Waals surface area contributed by atoms with E-state index in [1.807, 2.05) is 73.7 Å². The molecule has 2 N–H and O–H groups in total. The van der Waals surface area contributed by atoms with Crippen molar-refractivity contribution in [3.63, 3.8) is 0 Å². The predicted octanol–water partition coefficient (Wildman–Crippen LogP) is 4.31. The molecule has 0 saturated carbocycles. The Bertz CT molecular complexity index is 895. The Morgan fingerprint density at radius 2 is 1.70 bits per heavy atom. The Morgan fingerprint density at radius 1 is 0.926 bits per heavy atom. The lowest BCUT2D eigenvalue weighted by atomic mass is 10.1. The first-order chi connectivity index (χ1) is 13.3. The van der Waals surface area contributed by atoms with Gasteiger partial charge in [-0.3, -0.25) is 4.79 Å². The number of hydrogen-bond acceptors (Lipinski definition) is 4. The fourth-order valence-electron chi connectivity index (χ4n) is 2.74. The van der Waals surface area contributed by atoms with Crippen molar-refractivity contribution in [2.24, 2.45) is 0 Å². The maximum absolute atomic E-state index is 12.3. The van der Waals surface area contributed by atoms with E-state index in [0.29, 0.717) is 25.6 Å². The van der Waals surface area contributed by atoms with Crippen molar-refractivity contribution in [2.75, 3.05) is 37.0 Å². The zero-order valence-electron chi connectivity index (χ0n) is 15.4. The van der Waals surface area contributed by atoms with E-state index in [2.05, 4.69) is 10.6 Å². The normalized spacial score (nSPS) is 10.6. The van der Waals surface area contributed by atoms with Gasteiger partial charge in [0.15, 0.2) is 0 Å². The van der Waals surface area contributed by atoms with Gasteiger partial charge in [-0.1, -0.05) is 42.5 Å². The second kappa shape index (κ2) is 9.59. The number of nitrogens with one attached hydrogen (secondary N) is 2. The van der Waals surface area contributed by atoms with E-state index in [4.69, 9.17) is 9.47 Å². The number of fused-ring (bicyclic) bond motifs is 1. The van der Waals surface area contributed by atoms with Crippen LogP contribution in [0.2, 0.25) is 0 Å². The molecule has 140 valence electrons. The van der Waals surface area contributed by atoms with Crippen LogP contribution >= 0.6 is 0 Å². The van der Waals surface area contributed by atoms with E-state index in [1.165, 1.54) is 0 Å². The molecule has 3 aromatic rings. The molecule has 27 heavy (non-hydrogen) atoms. The highest BCUT2D eigenvalue weighted by Gasteiger charge is 2.07. The lowest BCUT2D eigenvalue weighted by molar-refractivity contribution is -0.114. The highest BCUT2D eigenvalue weighted by atomic mass is 16.5. The Hall–Kier alpha value is -3.05. The lowest BCUT2D eigenvalue weighted by Gasteiger charge is -2.13. The van der Waals surface area contributed by atoms with Gasteiger partial charge >= 0.3 is 0 Å². The summed E-state index contributed by atoms with van der Waals surface area (Å²) in [5.74, 6) is 0.588. The van der Waals surface area contributed by atoms with E-state index in [9.17, 15) is 4.79 Å². The molecule has 0 heterocycles. The second-order valence-corrected chi connectivity index (χ2v) is 6.01. The molecule has 0 bridgehead atoms. The zero-order valence-corrected chi connectivity index (χ0v) is 15.4. The molecule has 0 aliphatic carbocycles. The minimum atomic E-state index is -0.116. The summed E-state index contributed by atoms with van der Waals surface area (Å²) in [5, 5.41) is 8.29. The number of carbonyl (C=O) groups is 1. The monoisotopic (exact) mass is 364 g/mol. The van der Waals surface area contributed by atoms with Gasteiger partial charge in [-0.2, -0.15) is 0 Å². The average Bonchev–Trinajstić information content (AvgIpc) is 2.70. The van der Waals surface area contributed by atoms with Gasteiger partial charge in [0.05, 0.1) is 18.8 Å². The molecular formula is C22H24N2O3. The van der Waals surface area contributed by atoms with E-state index in [1.54, 1.807) is 0 Å². The fraction of sp³-hybridized carbons (Fsp3) is 0.227. The maximum Gasteiger partial charge on any atom is 0.243 e. The van der Waals surface area contributed by atoms with E-state index in [0.717, 1.165) is 22.1 Å². The van der Waals surface area contributed by atoms with Crippen molar-refractivity contribution in [3.8, 4) is 5.75 Å². The van der Waals surface area contributed by atoms with Crippen LogP contribution in [0.15, 0.2) is 66.7 Å². The van der Waals surface area contributed by atoms with Crippen LogP contribution in [0.1, 0.15) is 6.92 Å². The topological polar surface area (TPSA) is 59.6 Å². The van der Waals surface area contributed by atoms with Crippen LogP contribution in [0.25, 0.3) is 10.8 Å². The molecule has 1 amide bonds. The number of anilines is 2. The smallest absolute Gasteiger partial charge is 0.243 e. The summed E-state index contributed by atoms with van der Waals surface area (Å²) in [6, 6.07) is 21.5. The van der Waals surface area contributed by atoms with Crippen LogP contribution < -0.4 is 15.4 Å². The molecule has 0 aliphatic rings. The minimum Gasteiger partial charge on any atom is -0.489 e. The van der Waals surface area contributed by atoms with Crippen molar-refractivity contribution in [2.45, 2.75) is 6.92 Å². The third kappa shape index (κ3) is 5.46. The predicted molar refractivity (Wildman–Crippen MR) is 109 cm³/mol. The van der Waals surface area contributed by atoms with E-state index >= 15 is 0 Å². The Labute approximate surface area is 159 Å². The molecule has 5 heteroatoms. The maximum atomic E-state index is 12.3. The first kappa shape index (κ1) is 18.7. The standard InChI is InChI=1S/C22H24N2O3/c1-2-26-13-14-27-21-10-6-5-9-20(21)23-16-22(25)24-19-12-11-17-7-3-4-8-18(17)15-19/h3-12,15,23H,2,13-14,16H2,1H3,(H,24,25). The number of para-hydroxylation sites is 2. The van der Waals surface area contributed by atoms with Gasteiger partial charge in [0, 0.05) is 12.3 Å². The van der Waals surface area contributed by atoms with Crippen molar-refractivity contribution in [3.05, 3.63) is 66.7 Å². The molecule has 0 unspecified atom stereocenters. The fourth-order valence-corrected chi connectivity index (χ4v) is 2.74.